The number of carbonyl (C=O) groups is 2. The monoisotopic (exact) mass is 350 g/mol. The molecule has 0 aliphatic carbocycles. The van der Waals surface area contributed by atoms with Crippen LogP contribution in [-0.2, 0) is 4.79 Å². The van der Waals surface area contributed by atoms with Crippen LogP contribution < -0.4 is 16.2 Å². The summed E-state index contributed by atoms with van der Waals surface area (Å²) in [5, 5.41) is 5.99. The van der Waals surface area contributed by atoms with E-state index in [-0.39, 0.29) is 30.0 Å². The number of rotatable bonds is 5. The summed E-state index contributed by atoms with van der Waals surface area (Å²) in [7, 11) is 0. The van der Waals surface area contributed by atoms with Crippen LogP contribution in [0.2, 0.25) is 0 Å². The van der Waals surface area contributed by atoms with E-state index in [9.17, 15) is 14.4 Å². The first-order chi connectivity index (χ1) is 12.5. The number of nitrogens with zero attached hydrogens (tertiary/aromatic N) is 1. The Bertz CT molecular complexity index is 1010. The van der Waals surface area contributed by atoms with Crippen LogP contribution in [0.25, 0.3) is 10.9 Å². The van der Waals surface area contributed by atoms with Gasteiger partial charge in [-0.2, -0.15) is 0 Å². The Morgan fingerprint density at radius 2 is 1.96 bits per heavy atom. The minimum Gasteiger partial charge on any atom is -0.351 e. The molecular formula is C19H18N4O3. The second-order valence-corrected chi connectivity index (χ2v) is 5.87. The quantitative estimate of drug-likeness (QED) is 0.654. The van der Waals surface area contributed by atoms with E-state index in [1.807, 2.05) is 13.0 Å². The zero-order valence-electron chi connectivity index (χ0n) is 14.2. The van der Waals surface area contributed by atoms with Crippen molar-refractivity contribution in [2.45, 2.75) is 13.3 Å². The molecule has 0 spiro atoms. The third-order valence-corrected chi connectivity index (χ3v) is 3.81. The van der Waals surface area contributed by atoms with Crippen LogP contribution in [-0.4, -0.2) is 28.3 Å². The largest absolute Gasteiger partial charge is 0.351 e. The third kappa shape index (κ3) is 4.13. The molecule has 0 radical (unpaired) electrons. The SMILES string of the molecule is Cc1ccc(NC(=O)CCNC(=O)c2cc(=O)[nH]c3ccccc23)nc1. The molecule has 7 nitrogen and oxygen atoms in total. The molecule has 0 aliphatic rings. The highest BCUT2D eigenvalue weighted by Crippen LogP contribution is 2.14. The summed E-state index contributed by atoms with van der Waals surface area (Å²) in [6.07, 6.45) is 1.76. The normalized spacial score (nSPS) is 10.5. The van der Waals surface area contributed by atoms with Crippen LogP contribution >= 0.6 is 0 Å². The molecule has 26 heavy (non-hydrogen) atoms. The Kier molecular flexibility index (Phi) is 5.07. The smallest absolute Gasteiger partial charge is 0.252 e. The van der Waals surface area contributed by atoms with Crippen molar-refractivity contribution in [3.63, 3.8) is 0 Å². The van der Waals surface area contributed by atoms with Gasteiger partial charge >= 0.3 is 0 Å². The number of carbonyl (C=O) groups excluding carboxylic acids is 2. The number of fused-ring (bicyclic) bond motifs is 1. The Morgan fingerprint density at radius 3 is 2.73 bits per heavy atom. The van der Waals surface area contributed by atoms with Gasteiger partial charge in [-0.25, -0.2) is 4.98 Å². The lowest BCUT2D eigenvalue weighted by Gasteiger charge is -2.08. The molecule has 2 aromatic heterocycles. The number of aromatic nitrogens is 2. The van der Waals surface area contributed by atoms with E-state index < -0.39 is 5.91 Å². The highest BCUT2D eigenvalue weighted by molar-refractivity contribution is 6.06. The van der Waals surface area contributed by atoms with Gasteiger partial charge in [0.1, 0.15) is 5.82 Å². The Labute approximate surface area is 149 Å². The van der Waals surface area contributed by atoms with Crippen LogP contribution in [0, 0.1) is 6.92 Å². The number of amides is 2. The minimum atomic E-state index is -0.395. The topological polar surface area (TPSA) is 104 Å². The van der Waals surface area contributed by atoms with Gasteiger partial charge < -0.3 is 15.6 Å². The van der Waals surface area contributed by atoms with Gasteiger partial charge in [0.2, 0.25) is 11.5 Å². The van der Waals surface area contributed by atoms with E-state index in [0.29, 0.717) is 16.7 Å². The molecule has 0 saturated carbocycles. The molecule has 0 atom stereocenters. The van der Waals surface area contributed by atoms with E-state index in [0.717, 1.165) is 5.56 Å². The van der Waals surface area contributed by atoms with E-state index in [2.05, 4.69) is 20.6 Å². The van der Waals surface area contributed by atoms with Crippen molar-refractivity contribution in [3.05, 3.63) is 70.1 Å². The second kappa shape index (κ2) is 7.60. The fourth-order valence-electron chi connectivity index (χ4n) is 2.52. The maximum atomic E-state index is 12.4. The maximum Gasteiger partial charge on any atom is 0.252 e. The average molecular weight is 350 g/mol. The Morgan fingerprint density at radius 1 is 1.15 bits per heavy atom. The molecule has 3 rings (SSSR count). The molecule has 0 saturated heterocycles. The summed E-state index contributed by atoms with van der Waals surface area (Å²) in [6, 6.07) is 11.9. The van der Waals surface area contributed by atoms with Crippen molar-refractivity contribution in [1.82, 2.24) is 15.3 Å². The Balaban J connectivity index is 1.60. The number of pyridine rings is 2. The number of nitrogens with one attached hydrogen (secondary N) is 3. The number of benzene rings is 1. The average Bonchev–Trinajstić information content (AvgIpc) is 2.62. The van der Waals surface area contributed by atoms with Gasteiger partial charge in [0, 0.05) is 36.1 Å². The fraction of sp³-hybridized carbons (Fsp3) is 0.158. The molecule has 0 unspecified atom stereocenters. The highest BCUT2D eigenvalue weighted by atomic mass is 16.2. The zero-order chi connectivity index (χ0) is 18.5. The van der Waals surface area contributed by atoms with Crippen molar-refractivity contribution >= 4 is 28.5 Å². The molecule has 0 bridgehead atoms. The summed E-state index contributed by atoms with van der Waals surface area (Å²) >= 11 is 0. The molecule has 3 aromatic rings. The van der Waals surface area contributed by atoms with Crippen LogP contribution in [0.1, 0.15) is 22.3 Å². The van der Waals surface area contributed by atoms with Gasteiger partial charge in [0.15, 0.2) is 0 Å². The molecular weight excluding hydrogens is 332 g/mol. The molecule has 2 heterocycles. The molecule has 0 fully saturated rings. The van der Waals surface area contributed by atoms with Crippen LogP contribution in [0.5, 0.6) is 0 Å². The van der Waals surface area contributed by atoms with Crippen LogP contribution in [0.15, 0.2) is 53.5 Å². The summed E-state index contributed by atoms with van der Waals surface area (Å²) < 4.78 is 0. The van der Waals surface area contributed by atoms with Crippen molar-refractivity contribution in [2.75, 3.05) is 11.9 Å². The number of aromatic amines is 1. The van der Waals surface area contributed by atoms with Gasteiger partial charge in [-0.15, -0.1) is 0 Å². The summed E-state index contributed by atoms with van der Waals surface area (Å²) in [6.45, 7) is 2.06. The summed E-state index contributed by atoms with van der Waals surface area (Å²) in [5.74, 6) is -0.182. The molecule has 7 heteroatoms. The van der Waals surface area contributed by atoms with Crippen molar-refractivity contribution in [2.24, 2.45) is 0 Å². The van der Waals surface area contributed by atoms with Gasteiger partial charge in [-0.1, -0.05) is 24.3 Å². The van der Waals surface area contributed by atoms with Crippen molar-refractivity contribution in [3.8, 4) is 0 Å². The second-order valence-electron chi connectivity index (χ2n) is 5.87. The van der Waals surface area contributed by atoms with E-state index in [1.165, 1.54) is 6.07 Å². The lowest BCUT2D eigenvalue weighted by Crippen LogP contribution is -2.28. The number of anilines is 1. The van der Waals surface area contributed by atoms with Crippen LogP contribution in [0.3, 0.4) is 0 Å². The standard InChI is InChI=1S/C19H18N4O3/c1-12-6-7-16(21-11-12)23-17(24)8-9-20-19(26)14-10-18(25)22-15-5-3-2-4-13(14)15/h2-7,10-11H,8-9H2,1H3,(H,20,26)(H,22,25)(H,21,23,24). The first-order valence-electron chi connectivity index (χ1n) is 8.16. The van der Waals surface area contributed by atoms with E-state index in [1.54, 1.807) is 36.5 Å². The molecule has 132 valence electrons. The number of aryl methyl sites for hydroxylation is 1. The predicted molar refractivity (Wildman–Crippen MR) is 99.1 cm³/mol. The van der Waals surface area contributed by atoms with Gasteiger partial charge in [-0.3, -0.25) is 14.4 Å². The fourth-order valence-corrected chi connectivity index (χ4v) is 2.52. The Hall–Kier alpha value is -3.48. The molecule has 0 aliphatic heterocycles. The van der Waals surface area contributed by atoms with E-state index in [4.69, 9.17) is 0 Å². The zero-order valence-corrected chi connectivity index (χ0v) is 14.2. The first-order valence-corrected chi connectivity index (χ1v) is 8.16. The van der Waals surface area contributed by atoms with Crippen molar-refractivity contribution < 1.29 is 9.59 Å². The number of para-hydroxylation sites is 1. The van der Waals surface area contributed by atoms with Crippen molar-refractivity contribution in [1.29, 1.82) is 0 Å². The van der Waals surface area contributed by atoms with Gasteiger partial charge in [0.05, 0.1) is 5.56 Å². The molecule has 2 amide bonds. The maximum absolute atomic E-state index is 12.4. The van der Waals surface area contributed by atoms with Crippen LogP contribution in [0.4, 0.5) is 5.82 Å². The lowest BCUT2D eigenvalue weighted by atomic mass is 10.1. The van der Waals surface area contributed by atoms with Gasteiger partial charge in [0.25, 0.3) is 5.91 Å². The number of hydrogen-bond acceptors (Lipinski definition) is 4. The number of hydrogen-bond donors (Lipinski definition) is 3. The number of H-pyrrole nitrogens is 1. The predicted octanol–water partition coefficient (Wildman–Crippen LogP) is 1.99. The molecule has 1 aromatic carbocycles. The van der Waals surface area contributed by atoms with E-state index >= 15 is 0 Å². The lowest BCUT2D eigenvalue weighted by molar-refractivity contribution is -0.116. The minimum absolute atomic E-state index is 0.0996. The van der Waals surface area contributed by atoms with Gasteiger partial charge in [-0.05, 0) is 24.6 Å². The summed E-state index contributed by atoms with van der Waals surface area (Å²) in [5.41, 5.74) is 1.52. The first kappa shape index (κ1) is 17.3. The highest BCUT2D eigenvalue weighted by Gasteiger charge is 2.12. The molecule has 3 N–H and O–H groups in total. The third-order valence-electron chi connectivity index (χ3n) is 3.81. The summed E-state index contributed by atoms with van der Waals surface area (Å²) in [4.78, 5) is 42.8.